The van der Waals surface area contributed by atoms with Crippen LogP contribution in [0.5, 0.6) is 0 Å². The van der Waals surface area contributed by atoms with E-state index < -0.39 is 6.03 Å². The number of carbonyl (C=O) groups excluding carboxylic acids is 1. The van der Waals surface area contributed by atoms with Crippen LogP contribution in [0.25, 0.3) is 0 Å². The molecule has 2 amide bonds. The lowest BCUT2D eigenvalue weighted by Crippen LogP contribution is -2.23. The number of aliphatic imine (C=N–C) groups is 1. The highest BCUT2D eigenvalue weighted by Crippen LogP contribution is 2.15. The molecule has 0 saturated carbocycles. The lowest BCUT2D eigenvalue weighted by molar-refractivity contribution is 0.255. The van der Waals surface area contributed by atoms with Gasteiger partial charge in [-0.1, -0.05) is 0 Å². The first-order chi connectivity index (χ1) is 5.66. The summed E-state index contributed by atoms with van der Waals surface area (Å²) in [5.41, 5.74) is 0. The highest BCUT2D eigenvalue weighted by atomic mass is 16.3. The third-order valence-corrected chi connectivity index (χ3v) is 1.46. The van der Waals surface area contributed by atoms with E-state index in [0.29, 0.717) is 11.6 Å². The van der Waals surface area contributed by atoms with Gasteiger partial charge in [0, 0.05) is 7.05 Å². The van der Waals surface area contributed by atoms with Gasteiger partial charge in [-0.3, -0.25) is 4.90 Å². The van der Waals surface area contributed by atoms with E-state index in [0.717, 1.165) is 0 Å². The second-order valence-corrected chi connectivity index (χ2v) is 2.23. The number of anilines is 1. The highest BCUT2D eigenvalue weighted by Gasteiger charge is 2.14. The Hall–Kier alpha value is -1.65. The molecule has 0 aromatic carbocycles. The normalized spacial score (nSPS) is 9.50. The summed E-state index contributed by atoms with van der Waals surface area (Å²) in [4.78, 5) is 19.3. The molecule has 64 valence electrons. The topological polar surface area (TPSA) is 58.7 Å². The van der Waals surface area contributed by atoms with E-state index >= 15 is 0 Å². The molecule has 0 atom stereocenters. The first-order valence-corrected chi connectivity index (χ1v) is 3.31. The van der Waals surface area contributed by atoms with Crippen LogP contribution < -0.4 is 4.90 Å². The molecule has 0 bridgehead atoms. The van der Waals surface area contributed by atoms with Crippen molar-refractivity contribution in [2.24, 2.45) is 4.99 Å². The van der Waals surface area contributed by atoms with Gasteiger partial charge in [0.2, 0.25) is 0 Å². The Morgan fingerprint density at radius 2 is 2.50 bits per heavy atom. The van der Waals surface area contributed by atoms with Crippen molar-refractivity contribution in [1.29, 1.82) is 0 Å². The molecule has 0 unspecified atom stereocenters. The second-order valence-electron chi connectivity index (χ2n) is 2.23. The molecule has 1 aromatic rings. The molecule has 1 aromatic heterocycles. The molecule has 12 heavy (non-hydrogen) atoms. The Morgan fingerprint density at radius 1 is 1.83 bits per heavy atom. The summed E-state index contributed by atoms with van der Waals surface area (Å²) in [5, 5.41) is 0. The average molecular weight is 167 g/mol. The minimum Gasteiger partial charge on any atom is -0.446 e. The quantitative estimate of drug-likeness (QED) is 0.591. The molecule has 0 spiro atoms. The number of hydrogen-bond acceptors (Lipinski definition) is 3. The monoisotopic (exact) mass is 167 g/mol. The van der Waals surface area contributed by atoms with Gasteiger partial charge >= 0.3 is 6.03 Å². The molecule has 0 N–H and O–H groups in total. The van der Waals surface area contributed by atoms with Crippen LogP contribution in [0.4, 0.5) is 10.6 Å². The molecule has 5 nitrogen and oxygen atoms in total. The average Bonchev–Trinajstić information content (AvgIpc) is 2.48. The maximum atomic E-state index is 11.0. The van der Waals surface area contributed by atoms with Crippen LogP contribution >= 0.6 is 0 Å². The summed E-state index contributed by atoms with van der Waals surface area (Å²) >= 11 is 0. The molecule has 0 aliphatic carbocycles. The Balaban J connectivity index is 2.91. The van der Waals surface area contributed by atoms with Crippen molar-refractivity contribution >= 4 is 18.6 Å². The third-order valence-electron chi connectivity index (χ3n) is 1.46. The number of carbonyl (C=O) groups is 1. The molecule has 0 radical (unpaired) electrons. The van der Waals surface area contributed by atoms with Gasteiger partial charge in [-0.05, 0) is 13.6 Å². The van der Waals surface area contributed by atoms with Crippen molar-refractivity contribution in [2.45, 2.75) is 6.92 Å². The highest BCUT2D eigenvalue weighted by molar-refractivity contribution is 5.93. The predicted octanol–water partition coefficient (Wildman–Crippen LogP) is 1.24. The van der Waals surface area contributed by atoms with Crippen molar-refractivity contribution in [2.75, 3.05) is 11.9 Å². The van der Waals surface area contributed by atoms with E-state index in [4.69, 9.17) is 4.42 Å². The van der Waals surface area contributed by atoms with Crippen LogP contribution in [0.15, 0.2) is 15.8 Å². The standard InChI is InChI=1S/C7H9N3O2/c1-5-6(9-4-12-5)10(3)7(11)8-2/h4H,2H2,1,3H3. The summed E-state index contributed by atoms with van der Waals surface area (Å²) in [6.07, 6.45) is 1.28. The van der Waals surface area contributed by atoms with Crippen LogP contribution in [0, 0.1) is 6.92 Å². The molecule has 1 rings (SSSR count). The lowest BCUT2D eigenvalue weighted by Gasteiger charge is -2.09. The molecule has 0 saturated heterocycles. The summed E-state index contributed by atoms with van der Waals surface area (Å²) in [6, 6.07) is -0.452. The minimum atomic E-state index is -0.452. The number of rotatable bonds is 1. The number of aryl methyl sites for hydroxylation is 1. The van der Waals surface area contributed by atoms with E-state index in [1.807, 2.05) is 0 Å². The van der Waals surface area contributed by atoms with Gasteiger partial charge in [-0.2, -0.15) is 4.98 Å². The predicted molar refractivity (Wildman–Crippen MR) is 44.6 cm³/mol. The fourth-order valence-electron chi connectivity index (χ4n) is 0.818. The Morgan fingerprint density at radius 3 is 2.92 bits per heavy atom. The molecule has 0 aliphatic heterocycles. The van der Waals surface area contributed by atoms with E-state index in [2.05, 4.69) is 16.7 Å². The van der Waals surface area contributed by atoms with Gasteiger partial charge in [0.25, 0.3) is 0 Å². The van der Waals surface area contributed by atoms with Crippen molar-refractivity contribution in [3.63, 3.8) is 0 Å². The first-order valence-electron chi connectivity index (χ1n) is 3.31. The summed E-state index contributed by atoms with van der Waals surface area (Å²) in [5.74, 6) is 1.04. The van der Waals surface area contributed by atoms with Crippen molar-refractivity contribution in [3.8, 4) is 0 Å². The maximum absolute atomic E-state index is 11.0. The smallest absolute Gasteiger partial charge is 0.348 e. The summed E-state index contributed by atoms with van der Waals surface area (Å²) in [6.45, 7) is 4.84. The molecular weight excluding hydrogens is 158 g/mol. The van der Waals surface area contributed by atoms with Crippen LogP contribution in [-0.2, 0) is 0 Å². The third kappa shape index (κ3) is 1.34. The largest absolute Gasteiger partial charge is 0.446 e. The number of urea groups is 1. The van der Waals surface area contributed by atoms with E-state index in [1.54, 1.807) is 14.0 Å². The van der Waals surface area contributed by atoms with E-state index in [1.165, 1.54) is 11.3 Å². The second kappa shape index (κ2) is 3.17. The van der Waals surface area contributed by atoms with Gasteiger partial charge in [0.15, 0.2) is 12.2 Å². The van der Waals surface area contributed by atoms with Gasteiger partial charge in [-0.25, -0.2) is 9.79 Å². The zero-order valence-corrected chi connectivity index (χ0v) is 6.94. The van der Waals surface area contributed by atoms with E-state index in [9.17, 15) is 4.79 Å². The fourth-order valence-corrected chi connectivity index (χ4v) is 0.818. The van der Waals surface area contributed by atoms with Gasteiger partial charge in [0.05, 0.1) is 0 Å². The van der Waals surface area contributed by atoms with Crippen molar-refractivity contribution in [1.82, 2.24) is 4.98 Å². The Labute approximate surface area is 69.7 Å². The Kier molecular flexibility index (Phi) is 2.23. The first kappa shape index (κ1) is 8.45. The fraction of sp³-hybridized carbons (Fsp3) is 0.286. The zero-order valence-electron chi connectivity index (χ0n) is 6.94. The lowest BCUT2D eigenvalue weighted by atomic mass is 10.5. The molecule has 5 heteroatoms. The van der Waals surface area contributed by atoms with Crippen molar-refractivity contribution < 1.29 is 9.21 Å². The van der Waals surface area contributed by atoms with Crippen LogP contribution in [0.1, 0.15) is 5.76 Å². The van der Waals surface area contributed by atoms with Gasteiger partial charge in [-0.15, -0.1) is 0 Å². The number of nitrogens with zero attached hydrogens (tertiary/aromatic N) is 3. The molecule has 0 fully saturated rings. The number of aromatic nitrogens is 1. The molecule has 0 aliphatic rings. The summed E-state index contributed by atoms with van der Waals surface area (Å²) in [7, 11) is 1.56. The number of oxazole rings is 1. The number of amides is 2. The van der Waals surface area contributed by atoms with Gasteiger partial charge < -0.3 is 4.42 Å². The van der Waals surface area contributed by atoms with Gasteiger partial charge in [0.1, 0.15) is 5.76 Å². The maximum Gasteiger partial charge on any atom is 0.348 e. The van der Waals surface area contributed by atoms with Crippen LogP contribution in [0.2, 0.25) is 0 Å². The minimum absolute atomic E-state index is 0.452. The number of hydrogen-bond donors (Lipinski definition) is 0. The zero-order chi connectivity index (χ0) is 9.14. The SMILES string of the molecule is C=NC(=O)N(C)c1ncoc1C. The van der Waals surface area contributed by atoms with Crippen LogP contribution in [-0.4, -0.2) is 24.8 Å². The molecular formula is C7H9N3O2. The summed E-state index contributed by atoms with van der Waals surface area (Å²) < 4.78 is 4.91. The Bertz CT molecular complexity index is 305. The van der Waals surface area contributed by atoms with Crippen LogP contribution in [0.3, 0.4) is 0 Å². The molecule has 1 heterocycles. The van der Waals surface area contributed by atoms with Crippen molar-refractivity contribution in [3.05, 3.63) is 12.2 Å². The van der Waals surface area contributed by atoms with E-state index in [-0.39, 0.29) is 0 Å².